The van der Waals surface area contributed by atoms with Crippen molar-refractivity contribution in [2.45, 2.75) is 37.7 Å². The molecule has 1 aliphatic rings. The zero-order valence-corrected chi connectivity index (χ0v) is 14.1. The van der Waals surface area contributed by atoms with Gasteiger partial charge >= 0.3 is 0 Å². The van der Waals surface area contributed by atoms with E-state index < -0.39 is 5.60 Å². The fraction of sp³-hybridized carbons (Fsp3) is 0.471. The Labute approximate surface area is 140 Å². The second-order valence-corrected chi connectivity index (χ2v) is 7.08. The highest BCUT2D eigenvalue weighted by Crippen LogP contribution is 2.30. The van der Waals surface area contributed by atoms with Crippen LogP contribution in [0.1, 0.15) is 31.4 Å². The summed E-state index contributed by atoms with van der Waals surface area (Å²) in [5, 5.41) is 13.1. The number of nitrogens with zero attached hydrogens (tertiary/aromatic N) is 3. The van der Waals surface area contributed by atoms with Crippen molar-refractivity contribution in [1.82, 2.24) is 14.9 Å². The summed E-state index contributed by atoms with van der Waals surface area (Å²) in [6, 6.07) is 5.70. The van der Waals surface area contributed by atoms with E-state index in [1.807, 2.05) is 23.6 Å². The van der Waals surface area contributed by atoms with E-state index in [4.69, 9.17) is 0 Å². The molecule has 1 amide bonds. The summed E-state index contributed by atoms with van der Waals surface area (Å²) in [5.41, 5.74) is 0.877. The number of likely N-dealkylation sites (N-methyl/N-ethyl adjacent to an activating group) is 1. The molecule has 0 spiro atoms. The van der Waals surface area contributed by atoms with Crippen LogP contribution in [0.3, 0.4) is 0 Å². The third-order valence-corrected chi connectivity index (χ3v) is 5.17. The molecule has 6 heteroatoms. The number of aliphatic hydroxyl groups is 1. The largest absolute Gasteiger partial charge is 0.388 e. The Kier molecular flexibility index (Phi) is 4.73. The fourth-order valence-electron chi connectivity index (χ4n) is 3.01. The van der Waals surface area contributed by atoms with Gasteiger partial charge in [-0.3, -0.25) is 9.78 Å². The molecule has 23 heavy (non-hydrogen) atoms. The molecule has 0 saturated heterocycles. The maximum atomic E-state index is 12.4. The van der Waals surface area contributed by atoms with Crippen LogP contribution >= 0.6 is 11.3 Å². The molecule has 1 N–H and O–H groups in total. The molecule has 0 aliphatic heterocycles. The molecule has 0 aromatic carbocycles. The third-order valence-electron chi connectivity index (χ3n) is 4.26. The van der Waals surface area contributed by atoms with E-state index in [2.05, 4.69) is 9.97 Å². The number of hydrogen-bond donors (Lipinski definition) is 1. The van der Waals surface area contributed by atoms with Gasteiger partial charge in [0.1, 0.15) is 5.01 Å². The van der Waals surface area contributed by atoms with Gasteiger partial charge in [0.05, 0.1) is 23.4 Å². The molecule has 1 fully saturated rings. The lowest BCUT2D eigenvalue weighted by molar-refractivity contribution is -0.132. The molecule has 0 radical (unpaired) electrons. The molecular weight excluding hydrogens is 310 g/mol. The van der Waals surface area contributed by atoms with Gasteiger partial charge in [0.25, 0.3) is 0 Å². The van der Waals surface area contributed by atoms with Crippen LogP contribution in [0.15, 0.2) is 29.8 Å². The van der Waals surface area contributed by atoms with E-state index in [9.17, 15) is 9.90 Å². The van der Waals surface area contributed by atoms with Gasteiger partial charge in [0, 0.05) is 25.2 Å². The fourth-order valence-corrected chi connectivity index (χ4v) is 3.80. The van der Waals surface area contributed by atoms with Crippen LogP contribution in [-0.4, -0.2) is 45.1 Å². The maximum Gasteiger partial charge on any atom is 0.228 e. The van der Waals surface area contributed by atoms with Crippen LogP contribution in [0.5, 0.6) is 0 Å². The minimum Gasteiger partial charge on any atom is -0.388 e. The molecule has 0 unspecified atom stereocenters. The minimum absolute atomic E-state index is 0.0109. The zero-order valence-electron chi connectivity index (χ0n) is 13.2. The number of amides is 1. The van der Waals surface area contributed by atoms with Crippen LogP contribution in [-0.2, 0) is 11.2 Å². The molecule has 3 rings (SSSR count). The second kappa shape index (κ2) is 6.76. The van der Waals surface area contributed by atoms with Crippen LogP contribution in [0, 0.1) is 0 Å². The predicted octanol–water partition coefficient (Wildman–Crippen LogP) is 2.51. The first kappa shape index (κ1) is 16.1. The number of hydrogen-bond acceptors (Lipinski definition) is 5. The van der Waals surface area contributed by atoms with Crippen molar-refractivity contribution in [3.05, 3.63) is 35.5 Å². The van der Waals surface area contributed by atoms with Gasteiger partial charge < -0.3 is 10.0 Å². The van der Waals surface area contributed by atoms with Crippen LogP contribution < -0.4 is 0 Å². The van der Waals surface area contributed by atoms with Crippen LogP contribution in [0.2, 0.25) is 0 Å². The predicted molar refractivity (Wildman–Crippen MR) is 90.1 cm³/mol. The van der Waals surface area contributed by atoms with E-state index in [0.717, 1.165) is 42.1 Å². The number of thiazole rings is 1. The first-order chi connectivity index (χ1) is 11.1. The smallest absolute Gasteiger partial charge is 0.228 e. The molecule has 2 aromatic heterocycles. The molecule has 0 bridgehead atoms. The first-order valence-electron chi connectivity index (χ1n) is 7.88. The summed E-state index contributed by atoms with van der Waals surface area (Å²) in [4.78, 5) is 22.8. The zero-order chi connectivity index (χ0) is 16.3. The van der Waals surface area contributed by atoms with E-state index in [0.29, 0.717) is 6.54 Å². The molecule has 122 valence electrons. The quantitative estimate of drug-likeness (QED) is 0.914. The van der Waals surface area contributed by atoms with Crippen LogP contribution in [0.25, 0.3) is 10.7 Å². The average molecular weight is 331 g/mol. The van der Waals surface area contributed by atoms with Gasteiger partial charge in [-0.2, -0.15) is 0 Å². The number of pyridine rings is 1. The standard InChI is InChI=1S/C17H21N3O2S/c1-20(12-17(22)7-3-4-8-17)15(21)10-13-11-23-16(19-13)14-6-2-5-9-18-14/h2,5-6,9,11,22H,3-4,7-8,10,12H2,1H3. The topological polar surface area (TPSA) is 66.3 Å². The minimum atomic E-state index is -0.703. The Hall–Kier alpha value is -1.79. The first-order valence-corrected chi connectivity index (χ1v) is 8.76. The summed E-state index contributed by atoms with van der Waals surface area (Å²) in [6.45, 7) is 0.406. The highest BCUT2D eigenvalue weighted by Gasteiger charge is 2.33. The van der Waals surface area contributed by atoms with E-state index in [-0.39, 0.29) is 12.3 Å². The summed E-state index contributed by atoms with van der Waals surface area (Å²) in [7, 11) is 1.75. The Morgan fingerprint density at radius 2 is 2.17 bits per heavy atom. The highest BCUT2D eigenvalue weighted by molar-refractivity contribution is 7.13. The number of rotatable bonds is 5. The normalized spacial score (nSPS) is 16.4. The van der Waals surface area contributed by atoms with E-state index >= 15 is 0 Å². The summed E-state index contributed by atoms with van der Waals surface area (Å²) < 4.78 is 0. The van der Waals surface area contributed by atoms with Gasteiger partial charge in [-0.15, -0.1) is 11.3 Å². The Bertz CT molecular complexity index is 665. The Morgan fingerprint density at radius 1 is 1.39 bits per heavy atom. The molecular formula is C17H21N3O2S. The van der Waals surface area contributed by atoms with Gasteiger partial charge in [-0.1, -0.05) is 18.9 Å². The highest BCUT2D eigenvalue weighted by atomic mass is 32.1. The summed E-state index contributed by atoms with van der Waals surface area (Å²) >= 11 is 1.49. The third kappa shape index (κ3) is 3.95. The number of aromatic nitrogens is 2. The van der Waals surface area contributed by atoms with Crippen molar-refractivity contribution in [3.8, 4) is 10.7 Å². The van der Waals surface area contributed by atoms with Gasteiger partial charge in [-0.05, 0) is 25.0 Å². The van der Waals surface area contributed by atoms with E-state index in [1.54, 1.807) is 18.1 Å². The lowest BCUT2D eigenvalue weighted by Gasteiger charge is -2.28. The monoisotopic (exact) mass is 331 g/mol. The molecule has 2 heterocycles. The Morgan fingerprint density at radius 3 is 2.87 bits per heavy atom. The average Bonchev–Trinajstić information content (AvgIpc) is 3.17. The van der Waals surface area contributed by atoms with Gasteiger partial charge in [0.2, 0.25) is 5.91 Å². The van der Waals surface area contributed by atoms with Crippen molar-refractivity contribution in [2.24, 2.45) is 0 Å². The molecule has 1 aliphatic carbocycles. The molecule has 0 atom stereocenters. The lowest BCUT2D eigenvalue weighted by atomic mass is 10.0. The van der Waals surface area contributed by atoms with Crippen molar-refractivity contribution >= 4 is 17.2 Å². The summed E-state index contributed by atoms with van der Waals surface area (Å²) in [5.74, 6) is -0.0109. The second-order valence-electron chi connectivity index (χ2n) is 6.22. The molecule has 2 aromatic rings. The molecule has 5 nitrogen and oxygen atoms in total. The van der Waals surface area contributed by atoms with Gasteiger partial charge in [-0.25, -0.2) is 4.98 Å². The van der Waals surface area contributed by atoms with Crippen molar-refractivity contribution < 1.29 is 9.90 Å². The number of carbonyl (C=O) groups is 1. The maximum absolute atomic E-state index is 12.4. The SMILES string of the molecule is CN(CC1(O)CCCC1)C(=O)Cc1csc(-c2ccccn2)n1. The van der Waals surface area contributed by atoms with E-state index in [1.165, 1.54) is 11.3 Å². The molecule has 1 saturated carbocycles. The number of carbonyl (C=O) groups excluding carboxylic acids is 1. The lowest BCUT2D eigenvalue weighted by Crippen LogP contribution is -2.42. The van der Waals surface area contributed by atoms with Crippen molar-refractivity contribution in [3.63, 3.8) is 0 Å². The van der Waals surface area contributed by atoms with Crippen molar-refractivity contribution in [2.75, 3.05) is 13.6 Å². The Balaban J connectivity index is 1.61. The van der Waals surface area contributed by atoms with Crippen molar-refractivity contribution in [1.29, 1.82) is 0 Å². The summed E-state index contributed by atoms with van der Waals surface area (Å²) in [6.07, 6.45) is 5.64. The van der Waals surface area contributed by atoms with Crippen LogP contribution in [0.4, 0.5) is 0 Å². The van der Waals surface area contributed by atoms with Gasteiger partial charge in [0.15, 0.2) is 0 Å².